The quantitative estimate of drug-likeness (QED) is 0.0571. The largest absolute Gasteiger partial charge is 0.481 e. The zero-order valence-electron chi connectivity index (χ0n) is 32.4. The van der Waals surface area contributed by atoms with Crippen LogP contribution in [0.1, 0.15) is 117 Å². The van der Waals surface area contributed by atoms with Crippen molar-refractivity contribution in [3.8, 4) is 0 Å². The first-order valence-electron chi connectivity index (χ1n) is 19.1. The molecule has 0 bridgehead atoms. The van der Waals surface area contributed by atoms with Crippen LogP contribution in [0.3, 0.4) is 0 Å². The lowest BCUT2D eigenvalue weighted by atomic mass is 10.2. The average Bonchev–Trinajstić information content (AvgIpc) is 3.13. The molecule has 0 aliphatic rings. The van der Waals surface area contributed by atoms with E-state index in [1.54, 1.807) is 0 Å². The van der Waals surface area contributed by atoms with E-state index in [0.717, 1.165) is 77.0 Å². The van der Waals surface area contributed by atoms with E-state index in [9.17, 15) is 9.59 Å². The molecule has 0 amide bonds. The van der Waals surface area contributed by atoms with Crippen LogP contribution in [0.4, 0.5) is 0 Å². The number of carboxylic acid groups (broad SMARTS) is 2. The minimum Gasteiger partial charge on any atom is -0.481 e. The molecule has 6 heteroatoms. The summed E-state index contributed by atoms with van der Waals surface area (Å²) in [7, 11) is 0. The van der Waals surface area contributed by atoms with Crippen LogP contribution in [0.15, 0.2) is 146 Å². The second-order valence-electron chi connectivity index (χ2n) is 11.3. The topological polar surface area (TPSA) is 127 Å². The van der Waals surface area contributed by atoms with Crippen LogP contribution in [0, 0.1) is 0 Å². The Morgan fingerprint density at radius 2 is 0.519 bits per heavy atom. The predicted octanol–water partition coefficient (Wildman–Crippen LogP) is 12.0. The smallest absolute Gasteiger partial charge is 0.303 e. The zero-order valence-corrected chi connectivity index (χ0v) is 32.4. The summed E-state index contributed by atoms with van der Waals surface area (Å²) in [4.78, 5) is 20.6. The molecule has 0 radical (unpaired) electrons. The molecule has 290 valence electrons. The first-order chi connectivity index (χ1) is 25.5. The first kappa shape index (κ1) is 52.1. The fourth-order valence-corrected chi connectivity index (χ4v) is 3.69. The third-order valence-electron chi connectivity index (χ3n) is 6.41. The lowest BCUT2D eigenvalue weighted by Gasteiger charge is -1.87. The Hall–Kier alpha value is -4.26. The van der Waals surface area contributed by atoms with Gasteiger partial charge in [-0.1, -0.05) is 160 Å². The Bertz CT molecular complexity index is 1050. The Morgan fingerprint density at radius 3 is 0.673 bits per heavy atom. The number of aliphatic carboxylic acids is 2. The summed E-state index contributed by atoms with van der Waals surface area (Å²) < 4.78 is 0. The predicted molar refractivity (Wildman–Crippen MR) is 228 cm³/mol. The lowest BCUT2D eigenvalue weighted by molar-refractivity contribution is -0.137. The Kier molecular flexibility index (Phi) is 51.2. The van der Waals surface area contributed by atoms with Gasteiger partial charge in [0.1, 0.15) is 0 Å². The molecule has 6 nitrogen and oxygen atoms in total. The van der Waals surface area contributed by atoms with Crippen LogP contribution in [0.25, 0.3) is 0 Å². The summed E-state index contributed by atoms with van der Waals surface area (Å²) in [5.41, 5.74) is 9.81. The normalized spacial score (nSPS) is 12.6. The van der Waals surface area contributed by atoms with Crippen LogP contribution in [-0.2, 0) is 9.59 Å². The number of hydrogen-bond acceptors (Lipinski definition) is 4. The molecule has 0 rings (SSSR count). The maximum atomic E-state index is 10.3. The minimum absolute atomic E-state index is 0.210. The van der Waals surface area contributed by atoms with Crippen molar-refractivity contribution >= 4 is 11.9 Å². The highest BCUT2D eigenvalue weighted by Crippen LogP contribution is 1.99. The molecule has 0 aromatic heterocycles. The summed E-state index contributed by atoms with van der Waals surface area (Å²) in [6.45, 7) is 5.49. The molecule has 0 aliphatic carbocycles. The van der Waals surface area contributed by atoms with Crippen molar-refractivity contribution in [1.29, 1.82) is 0 Å². The molecule has 52 heavy (non-hydrogen) atoms. The van der Waals surface area contributed by atoms with Crippen molar-refractivity contribution in [2.24, 2.45) is 11.5 Å². The van der Waals surface area contributed by atoms with Crippen molar-refractivity contribution in [3.63, 3.8) is 0 Å². The van der Waals surface area contributed by atoms with Gasteiger partial charge in [0.2, 0.25) is 0 Å². The molecule has 6 N–H and O–H groups in total. The highest BCUT2D eigenvalue weighted by Gasteiger charge is 1.91. The van der Waals surface area contributed by atoms with E-state index in [0.29, 0.717) is 25.9 Å². The van der Waals surface area contributed by atoms with Crippen LogP contribution >= 0.6 is 0 Å². The summed E-state index contributed by atoms with van der Waals surface area (Å²) in [6, 6.07) is 0. The number of carbonyl (C=O) groups is 2. The standard InChI is InChI=1S/2C22H32O2.C2H8N2/c2*1-2-3-4-5-6-7-8-9-10-11-12-13-14-15-16-17-18-19-20-21-22(23)24;3-1-2-4/h2*3-4,6-7,9-10,12-13,15-16,18-19H,2,5,8,11,14,17,20-21H2,1H3,(H,23,24);1-4H2/b2*4-3-,7-6-,10-9-,13-12-,16-15-,19-18-;. The van der Waals surface area contributed by atoms with E-state index in [1.807, 2.05) is 24.3 Å². The van der Waals surface area contributed by atoms with E-state index in [2.05, 4.69) is 135 Å². The van der Waals surface area contributed by atoms with Crippen molar-refractivity contribution in [2.75, 3.05) is 13.1 Å². The number of nitrogens with two attached hydrogens (primary N) is 2. The fraction of sp³-hybridized carbons (Fsp3) is 0.435. The van der Waals surface area contributed by atoms with Gasteiger partial charge in [0.05, 0.1) is 0 Å². The van der Waals surface area contributed by atoms with Crippen LogP contribution < -0.4 is 11.5 Å². The summed E-state index contributed by atoms with van der Waals surface area (Å²) in [5, 5.41) is 17.0. The maximum absolute atomic E-state index is 10.3. The SMILES string of the molecule is CC/C=C\C/C=C\C/C=C\C/C=C\C/C=C\C/C=C\CCC(=O)O.CC/C=C\C/C=C\C/C=C\C/C=C\C/C=C\C/C=C\CCC(=O)O.NCCN. The van der Waals surface area contributed by atoms with Crippen molar-refractivity contribution in [1.82, 2.24) is 0 Å². The molecular weight excluding hydrogens is 645 g/mol. The van der Waals surface area contributed by atoms with E-state index >= 15 is 0 Å². The summed E-state index contributed by atoms with van der Waals surface area (Å²) in [6.07, 6.45) is 64.9. The third-order valence-corrected chi connectivity index (χ3v) is 6.41. The van der Waals surface area contributed by atoms with Crippen molar-refractivity contribution in [3.05, 3.63) is 146 Å². The van der Waals surface area contributed by atoms with Crippen molar-refractivity contribution < 1.29 is 19.8 Å². The molecule has 0 heterocycles. The Morgan fingerprint density at radius 1 is 0.346 bits per heavy atom. The van der Waals surface area contributed by atoms with Gasteiger partial charge in [-0.2, -0.15) is 0 Å². The molecule has 0 spiro atoms. The molecule has 0 atom stereocenters. The van der Waals surface area contributed by atoms with Gasteiger partial charge in [-0.25, -0.2) is 0 Å². The molecule has 0 fully saturated rings. The fourth-order valence-electron chi connectivity index (χ4n) is 3.69. The highest BCUT2D eigenvalue weighted by atomic mass is 16.4. The molecule has 0 saturated carbocycles. The van der Waals surface area contributed by atoms with E-state index in [1.165, 1.54) is 0 Å². The number of hydrogen-bond donors (Lipinski definition) is 4. The van der Waals surface area contributed by atoms with Crippen molar-refractivity contribution in [2.45, 2.75) is 117 Å². The third kappa shape index (κ3) is 61.0. The average molecular weight is 717 g/mol. The second-order valence-corrected chi connectivity index (χ2v) is 11.3. The molecule has 0 aromatic rings. The number of allylic oxidation sites excluding steroid dienone is 24. The van der Waals surface area contributed by atoms with E-state index in [-0.39, 0.29) is 12.8 Å². The molecule has 0 aliphatic heterocycles. The second kappa shape index (κ2) is 51.1. The lowest BCUT2D eigenvalue weighted by Crippen LogP contribution is -2.11. The number of rotatable bonds is 29. The molecule has 0 saturated heterocycles. The van der Waals surface area contributed by atoms with Crippen LogP contribution in [-0.4, -0.2) is 35.2 Å². The maximum Gasteiger partial charge on any atom is 0.303 e. The van der Waals surface area contributed by atoms with Crippen LogP contribution in [0.5, 0.6) is 0 Å². The monoisotopic (exact) mass is 717 g/mol. The van der Waals surface area contributed by atoms with Gasteiger partial charge in [-0.3, -0.25) is 9.59 Å². The van der Waals surface area contributed by atoms with Gasteiger partial charge in [-0.05, 0) is 89.9 Å². The van der Waals surface area contributed by atoms with Gasteiger partial charge < -0.3 is 21.7 Å². The van der Waals surface area contributed by atoms with Gasteiger partial charge in [0, 0.05) is 25.9 Å². The Labute approximate surface area is 317 Å². The summed E-state index contributed by atoms with van der Waals surface area (Å²) >= 11 is 0. The molecular formula is C46H72N2O4. The van der Waals surface area contributed by atoms with Gasteiger partial charge in [-0.15, -0.1) is 0 Å². The zero-order chi connectivity index (χ0) is 38.9. The molecule has 0 unspecified atom stereocenters. The summed E-state index contributed by atoms with van der Waals surface area (Å²) in [5.74, 6) is -1.48. The highest BCUT2D eigenvalue weighted by molar-refractivity contribution is 5.67. The minimum atomic E-state index is -0.741. The van der Waals surface area contributed by atoms with E-state index < -0.39 is 11.9 Å². The number of carboxylic acids is 2. The Balaban J connectivity index is -0.000000836. The first-order valence-corrected chi connectivity index (χ1v) is 19.1. The van der Waals surface area contributed by atoms with Gasteiger partial charge >= 0.3 is 11.9 Å². The van der Waals surface area contributed by atoms with E-state index in [4.69, 9.17) is 21.7 Å². The van der Waals surface area contributed by atoms with Gasteiger partial charge in [0.15, 0.2) is 0 Å². The van der Waals surface area contributed by atoms with Gasteiger partial charge in [0.25, 0.3) is 0 Å². The molecule has 0 aromatic carbocycles. The van der Waals surface area contributed by atoms with Crippen LogP contribution in [0.2, 0.25) is 0 Å².